The normalized spacial score (nSPS) is 11.4. The lowest BCUT2D eigenvalue weighted by Crippen LogP contribution is -2.22. The van der Waals surface area contributed by atoms with Gasteiger partial charge in [0, 0.05) is 27.1 Å². The molecule has 0 spiro atoms. The van der Waals surface area contributed by atoms with Crippen LogP contribution in [0.25, 0.3) is 11.3 Å². The van der Waals surface area contributed by atoms with E-state index >= 15 is 0 Å². The topological polar surface area (TPSA) is 89.5 Å². The number of hydrogen-bond acceptors (Lipinski definition) is 7. The summed E-state index contributed by atoms with van der Waals surface area (Å²) in [5, 5.41) is 7.90. The first-order valence-electron chi connectivity index (χ1n) is 11.1. The number of thioether (sulfide) groups is 1. The van der Waals surface area contributed by atoms with Crippen LogP contribution in [0.4, 0.5) is 10.8 Å². The maximum Gasteiger partial charge on any atom is 0.255 e. The van der Waals surface area contributed by atoms with Gasteiger partial charge in [0.2, 0.25) is 5.91 Å². The molecule has 1 aromatic heterocycles. The molecular weight excluding hydrogens is 494 g/mol. The standard InChI is InChI=1S/C27H25N3O4S2/c1-17(25(31)30-27-29-22(16-35-27)18-8-5-4-6-9-18)36-21-11-7-10-20(15-21)28-26(32)19-12-13-23(33-2)24(14-19)34-3/h4-17H,1-3H3,(H,28,32)(H,29,30,31). The highest BCUT2D eigenvalue weighted by Crippen LogP contribution is 2.30. The number of benzene rings is 3. The summed E-state index contributed by atoms with van der Waals surface area (Å²) in [5.41, 5.74) is 2.90. The molecule has 2 amide bonds. The third-order valence-corrected chi connectivity index (χ3v) is 7.08. The number of nitrogens with one attached hydrogen (secondary N) is 2. The first-order chi connectivity index (χ1) is 17.5. The number of ether oxygens (including phenoxy) is 2. The fourth-order valence-electron chi connectivity index (χ4n) is 3.37. The fourth-order valence-corrected chi connectivity index (χ4v) is 5.01. The molecule has 184 valence electrons. The molecule has 3 aromatic carbocycles. The van der Waals surface area contributed by atoms with E-state index in [0.29, 0.717) is 27.9 Å². The number of hydrogen-bond donors (Lipinski definition) is 2. The highest BCUT2D eigenvalue weighted by molar-refractivity contribution is 8.00. The van der Waals surface area contributed by atoms with Gasteiger partial charge >= 0.3 is 0 Å². The van der Waals surface area contributed by atoms with E-state index in [2.05, 4.69) is 15.6 Å². The van der Waals surface area contributed by atoms with Crippen molar-refractivity contribution in [3.8, 4) is 22.8 Å². The summed E-state index contributed by atoms with van der Waals surface area (Å²) in [4.78, 5) is 30.9. The lowest BCUT2D eigenvalue weighted by atomic mass is 10.2. The molecule has 0 aliphatic heterocycles. The van der Waals surface area contributed by atoms with Crippen LogP contribution in [0.5, 0.6) is 11.5 Å². The van der Waals surface area contributed by atoms with Crippen molar-refractivity contribution in [1.82, 2.24) is 4.98 Å². The van der Waals surface area contributed by atoms with Gasteiger partial charge in [0.05, 0.1) is 25.2 Å². The Bertz CT molecular complexity index is 1360. The minimum Gasteiger partial charge on any atom is -0.493 e. The van der Waals surface area contributed by atoms with Crippen LogP contribution < -0.4 is 20.1 Å². The third-order valence-electron chi connectivity index (χ3n) is 5.22. The number of rotatable bonds is 9. The van der Waals surface area contributed by atoms with Crippen molar-refractivity contribution in [3.05, 3.63) is 83.7 Å². The van der Waals surface area contributed by atoms with Crippen LogP contribution in [0.2, 0.25) is 0 Å². The Morgan fingerprint density at radius 2 is 1.69 bits per heavy atom. The van der Waals surface area contributed by atoms with Gasteiger partial charge in [-0.3, -0.25) is 9.59 Å². The zero-order chi connectivity index (χ0) is 25.5. The number of carbonyl (C=O) groups excluding carboxylic acids is 2. The second-order valence-electron chi connectivity index (χ2n) is 7.70. The number of carbonyl (C=O) groups is 2. The molecule has 0 radical (unpaired) electrons. The second-order valence-corrected chi connectivity index (χ2v) is 9.98. The van der Waals surface area contributed by atoms with Crippen molar-refractivity contribution < 1.29 is 19.1 Å². The average molecular weight is 520 g/mol. The molecule has 0 bridgehead atoms. The van der Waals surface area contributed by atoms with Gasteiger partial charge in [-0.25, -0.2) is 4.98 Å². The van der Waals surface area contributed by atoms with E-state index in [-0.39, 0.29) is 17.1 Å². The van der Waals surface area contributed by atoms with Crippen LogP contribution in [-0.4, -0.2) is 36.3 Å². The van der Waals surface area contributed by atoms with Gasteiger partial charge in [-0.05, 0) is 43.3 Å². The number of anilines is 2. The lowest BCUT2D eigenvalue weighted by Gasteiger charge is -2.12. The molecular formula is C27H25N3O4S2. The highest BCUT2D eigenvalue weighted by atomic mass is 32.2. The van der Waals surface area contributed by atoms with E-state index in [1.165, 1.54) is 30.2 Å². The van der Waals surface area contributed by atoms with E-state index in [1.54, 1.807) is 31.4 Å². The Balaban J connectivity index is 1.37. The molecule has 7 nitrogen and oxygen atoms in total. The van der Waals surface area contributed by atoms with E-state index in [4.69, 9.17) is 9.47 Å². The monoisotopic (exact) mass is 519 g/mol. The van der Waals surface area contributed by atoms with Gasteiger partial charge in [0.1, 0.15) is 0 Å². The SMILES string of the molecule is COc1ccc(C(=O)Nc2cccc(SC(C)C(=O)Nc3nc(-c4ccccc4)cs3)c2)cc1OC. The minimum absolute atomic E-state index is 0.145. The molecule has 0 aliphatic rings. The summed E-state index contributed by atoms with van der Waals surface area (Å²) in [6, 6.07) is 22.2. The van der Waals surface area contributed by atoms with E-state index < -0.39 is 0 Å². The van der Waals surface area contributed by atoms with Crippen LogP contribution in [0.3, 0.4) is 0 Å². The number of amides is 2. The smallest absolute Gasteiger partial charge is 0.255 e. The summed E-state index contributed by atoms with van der Waals surface area (Å²) in [6.07, 6.45) is 0. The fraction of sp³-hybridized carbons (Fsp3) is 0.148. The lowest BCUT2D eigenvalue weighted by molar-refractivity contribution is -0.115. The third kappa shape index (κ3) is 6.24. The van der Waals surface area contributed by atoms with Crippen molar-refractivity contribution in [2.75, 3.05) is 24.9 Å². The average Bonchev–Trinajstić information content (AvgIpc) is 3.37. The zero-order valence-electron chi connectivity index (χ0n) is 20.0. The highest BCUT2D eigenvalue weighted by Gasteiger charge is 2.17. The summed E-state index contributed by atoms with van der Waals surface area (Å²) in [5.74, 6) is 0.606. The summed E-state index contributed by atoms with van der Waals surface area (Å²) >= 11 is 2.79. The zero-order valence-corrected chi connectivity index (χ0v) is 21.6. The van der Waals surface area contributed by atoms with Crippen LogP contribution in [0, 0.1) is 0 Å². The van der Waals surface area contributed by atoms with Crippen molar-refractivity contribution in [2.24, 2.45) is 0 Å². The summed E-state index contributed by atoms with van der Waals surface area (Å²) in [7, 11) is 3.06. The second kappa shape index (κ2) is 11.7. The molecule has 4 rings (SSSR count). The maximum atomic E-state index is 12.8. The first kappa shape index (κ1) is 25.3. The molecule has 0 aliphatic carbocycles. The minimum atomic E-state index is -0.370. The molecule has 0 saturated carbocycles. The number of methoxy groups -OCH3 is 2. The van der Waals surface area contributed by atoms with Crippen LogP contribution in [0.15, 0.2) is 83.1 Å². The van der Waals surface area contributed by atoms with Gasteiger partial charge < -0.3 is 20.1 Å². The van der Waals surface area contributed by atoms with E-state index in [9.17, 15) is 9.59 Å². The van der Waals surface area contributed by atoms with Crippen molar-refractivity contribution >= 4 is 45.7 Å². The molecule has 1 unspecified atom stereocenters. The largest absolute Gasteiger partial charge is 0.493 e. The Morgan fingerprint density at radius 1 is 0.917 bits per heavy atom. The molecule has 36 heavy (non-hydrogen) atoms. The van der Waals surface area contributed by atoms with Crippen molar-refractivity contribution in [2.45, 2.75) is 17.1 Å². The number of nitrogens with zero attached hydrogens (tertiary/aromatic N) is 1. The van der Waals surface area contributed by atoms with Crippen LogP contribution >= 0.6 is 23.1 Å². The predicted octanol–water partition coefficient (Wildman–Crippen LogP) is 6.20. The Morgan fingerprint density at radius 3 is 2.44 bits per heavy atom. The number of aromatic nitrogens is 1. The van der Waals surface area contributed by atoms with Gasteiger partial charge in [-0.1, -0.05) is 36.4 Å². The van der Waals surface area contributed by atoms with Crippen molar-refractivity contribution in [3.63, 3.8) is 0 Å². The molecule has 4 aromatic rings. The van der Waals surface area contributed by atoms with E-state index in [0.717, 1.165) is 16.2 Å². The van der Waals surface area contributed by atoms with Crippen LogP contribution in [0.1, 0.15) is 17.3 Å². The van der Waals surface area contributed by atoms with Gasteiger partial charge in [-0.2, -0.15) is 0 Å². The molecule has 0 saturated heterocycles. The summed E-state index contributed by atoms with van der Waals surface area (Å²) < 4.78 is 10.5. The quantitative estimate of drug-likeness (QED) is 0.256. The molecule has 1 heterocycles. The van der Waals surface area contributed by atoms with Crippen molar-refractivity contribution in [1.29, 1.82) is 0 Å². The first-order valence-corrected chi connectivity index (χ1v) is 12.8. The molecule has 1 atom stereocenters. The van der Waals surface area contributed by atoms with Gasteiger partial charge in [0.15, 0.2) is 16.6 Å². The van der Waals surface area contributed by atoms with Gasteiger partial charge in [0.25, 0.3) is 5.91 Å². The Kier molecular flexibility index (Phi) is 8.24. The number of thiazole rings is 1. The molecule has 0 fully saturated rings. The summed E-state index contributed by atoms with van der Waals surface area (Å²) in [6.45, 7) is 1.83. The Hall–Kier alpha value is -3.82. The molecule has 2 N–H and O–H groups in total. The molecule has 9 heteroatoms. The predicted molar refractivity (Wildman–Crippen MR) is 145 cm³/mol. The van der Waals surface area contributed by atoms with E-state index in [1.807, 2.05) is 60.8 Å². The van der Waals surface area contributed by atoms with Gasteiger partial charge in [-0.15, -0.1) is 23.1 Å². The maximum absolute atomic E-state index is 12.8. The Labute approximate surface area is 217 Å². The van der Waals surface area contributed by atoms with Crippen LogP contribution in [-0.2, 0) is 4.79 Å².